The second-order valence-electron chi connectivity index (χ2n) is 5.08. The molecule has 0 bridgehead atoms. The molecule has 0 radical (unpaired) electrons. The van der Waals surface area contributed by atoms with E-state index in [0.717, 1.165) is 25.7 Å². The first-order chi connectivity index (χ1) is 10.6. The summed E-state index contributed by atoms with van der Waals surface area (Å²) in [5.74, 6) is 0.0826. The summed E-state index contributed by atoms with van der Waals surface area (Å²) >= 11 is 0. The van der Waals surface area contributed by atoms with Crippen LogP contribution in [0.5, 0.6) is 11.5 Å². The van der Waals surface area contributed by atoms with Gasteiger partial charge in [0.05, 0.1) is 7.11 Å². The Balaban J connectivity index is 2.06. The molecule has 1 saturated heterocycles. The van der Waals surface area contributed by atoms with Crippen molar-refractivity contribution in [3.05, 3.63) is 18.2 Å². The van der Waals surface area contributed by atoms with Crippen molar-refractivity contribution in [2.45, 2.75) is 32.3 Å². The fraction of sp³-hybridized carbons (Fsp3) is 0.533. The number of anilines is 1. The molecule has 1 aromatic rings. The summed E-state index contributed by atoms with van der Waals surface area (Å²) < 4.78 is 34.1. The van der Waals surface area contributed by atoms with Crippen LogP contribution in [0.3, 0.4) is 0 Å². The number of alkyl halides is 2. The monoisotopic (exact) mass is 314 g/mol. The Bertz CT molecular complexity index is 504. The number of carbonyl (C=O) groups excluding carboxylic acids is 1. The van der Waals surface area contributed by atoms with Crippen molar-refractivity contribution in [2.75, 3.05) is 25.5 Å². The van der Waals surface area contributed by atoms with Crippen LogP contribution in [0.25, 0.3) is 0 Å². The van der Waals surface area contributed by atoms with E-state index >= 15 is 0 Å². The molecule has 22 heavy (non-hydrogen) atoms. The Morgan fingerprint density at radius 3 is 2.45 bits per heavy atom. The van der Waals surface area contributed by atoms with E-state index < -0.39 is 6.61 Å². The summed E-state index contributed by atoms with van der Waals surface area (Å²) in [5.41, 5.74) is 0.394. The largest absolute Gasteiger partial charge is 0.493 e. The van der Waals surface area contributed by atoms with Gasteiger partial charge in [-0.05, 0) is 25.0 Å². The second kappa shape index (κ2) is 7.82. The van der Waals surface area contributed by atoms with E-state index in [1.54, 1.807) is 11.0 Å². The lowest BCUT2D eigenvalue weighted by Gasteiger charge is -2.21. The maximum absolute atomic E-state index is 12.4. The van der Waals surface area contributed by atoms with Gasteiger partial charge in [0.1, 0.15) is 0 Å². The van der Waals surface area contributed by atoms with Gasteiger partial charge in [0, 0.05) is 24.8 Å². The predicted octanol–water partition coefficient (Wildman–Crippen LogP) is 3.70. The summed E-state index contributed by atoms with van der Waals surface area (Å²) in [4.78, 5) is 13.9. The van der Waals surface area contributed by atoms with Crippen LogP contribution < -0.4 is 14.8 Å². The molecule has 122 valence electrons. The molecular weight excluding hydrogens is 294 g/mol. The third kappa shape index (κ3) is 4.47. The number of methoxy groups -OCH3 is 1. The number of hydrogen-bond donors (Lipinski definition) is 1. The molecule has 0 atom stereocenters. The number of likely N-dealkylation sites (tertiary alicyclic amines) is 1. The van der Waals surface area contributed by atoms with E-state index in [9.17, 15) is 13.6 Å². The van der Waals surface area contributed by atoms with Crippen LogP contribution in [0.2, 0.25) is 0 Å². The Morgan fingerprint density at radius 1 is 1.18 bits per heavy atom. The molecule has 1 aliphatic heterocycles. The van der Waals surface area contributed by atoms with Crippen molar-refractivity contribution < 1.29 is 23.0 Å². The normalized spacial score (nSPS) is 15.4. The van der Waals surface area contributed by atoms with Gasteiger partial charge in [-0.25, -0.2) is 4.79 Å². The molecular formula is C15H20F2N2O3. The number of carbonyl (C=O) groups is 1. The minimum absolute atomic E-state index is 0.105. The molecule has 1 fully saturated rings. The van der Waals surface area contributed by atoms with Crippen molar-refractivity contribution in [2.24, 2.45) is 0 Å². The molecule has 0 spiro atoms. The molecule has 5 nitrogen and oxygen atoms in total. The van der Waals surface area contributed by atoms with Crippen LogP contribution in [-0.4, -0.2) is 37.7 Å². The zero-order valence-electron chi connectivity index (χ0n) is 12.5. The van der Waals surface area contributed by atoms with Crippen LogP contribution in [0.4, 0.5) is 19.3 Å². The zero-order valence-corrected chi connectivity index (χ0v) is 12.5. The molecule has 0 saturated carbocycles. The fourth-order valence-corrected chi connectivity index (χ4v) is 2.42. The Hall–Kier alpha value is -2.05. The number of amides is 2. The van der Waals surface area contributed by atoms with Gasteiger partial charge >= 0.3 is 12.6 Å². The lowest BCUT2D eigenvalue weighted by molar-refractivity contribution is -0.0511. The zero-order chi connectivity index (χ0) is 15.9. The summed E-state index contributed by atoms with van der Waals surface area (Å²) in [7, 11) is 1.36. The van der Waals surface area contributed by atoms with Gasteiger partial charge < -0.3 is 19.7 Å². The van der Waals surface area contributed by atoms with Gasteiger partial charge in [-0.3, -0.25) is 0 Å². The van der Waals surface area contributed by atoms with Gasteiger partial charge in [-0.1, -0.05) is 12.8 Å². The van der Waals surface area contributed by atoms with E-state index in [0.29, 0.717) is 18.8 Å². The number of halogens is 2. The topological polar surface area (TPSA) is 50.8 Å². The smallest absolute Gasteiger partial charge is 0.387 e. The van der Waals surface area contributed by atoms with Gasteiger partial charge in [0.2, 0.25) is 0 Å². The molecule has 1 aromatic carbocycles. The molecule has 2 amide bonds. The molecule has 0 aliphatic carbocycles. The Morgan fingerprint density at radius 2 is 1.86 bits per heavy atom. The van der Waals surface area contributed by atoms with Gasteiger partial charge in [0.25, 0.3) is 0 Å². The van der Waals surface area contributed by atoms with Crippen molar-refractivity contribution in [1.82, 2.24) is 4.90 Å². The lowest BCUT2D eigenvalue weighted by atomic mass is 10.2. The number of ether oxygens (including phenoxy) is 2. The highest BCUT2D eigenvalue weighted by molar-refractivity contribution is 5.89. The SMILES string of the molecule is COc1ccc(NC(=O)N2CCCCCC2)cc1OC(F)F. The summed E-state index contributed by atoms with van der Waals surface area (Å²) in [6, 6.07) is 4.18. The predicted molar refractivity (Wildman–Crippen MR) is 78.7 cm³/mol. The lowest BCUT2D eigenvalue weighted by Crippen LogP contribution is -2.35. The quantitative estimate of drug-likeness (QED) is 0.922. The molecule has 2 rings (SSSR count). The van der Waals surface area contributed by atoms with E-state index in [2.05, 4.69) is 10.1 Å². The maximum atomic E-state index is 12.4. The first kappa shape index (κ1) is 16.3. The fourth-order valence-electron chi connectivity index (χ4n) is 2.42. The molecule has 0 aromatic heterocycles. The highest BCUT2D eigenvalue weighted by Crippen LogP contribution is 2.31. The summed E-state index contributed by atoms with van der Waals surface area (Å²) in [6.45, 7) is -1.53. The van der Waals surface area contributed by atoms with Crippen molar-refractivity contribution in [3.8, 4) is 11.5 Å². The Labute approximate surface area is 128 Å². The number of benzene rings is 1. The van der Waals surface area contributed by atoms with Crippen molar-refractivity contribution >= 4 is 11.7 Å². The number of nitrogens with one attached hydrogen (secondary N) is 1. The average molecular weight is 314 g/mol. The third-order valence-electron chi connectivity index (χ3n) is 3.52. The second-order valence-corrected chi connectivity index (χ2v) is 5.08. The number of urea groups is 1. The van der Waals surface area contributed by atoms with Crippen molar-refractivity contribution in [3.63, 3.8) is 0 Å². The number of hydrogen-bond acceptors (Lipinski definition) is 3. The van der Waals surface area contributed by atoms with Gasteiger partial charge in [-0.15, -0.1) is 0 Å². The van der Waals surface area contributed by atoms with Crippen LogP contribution in [-0.2, 0) is 0 Å². The van der Waals surface area contributed by atoms with Crippen LogP contribution in [0.15, 0.2) is 18.2 Å². The summed E-state index contributed by atoms with van der Waals surface area (Å²) in [6.07, 6.45) is 4.21. The molecule has 1 N–H and O–H groups in total. The van der Waals surface area contributed by atoms with Crippen LogP contribution >= 0.6 is 0 Å². The highest BCUT2D eigenvalue weighted by atomic mass is 19.3. The van der Waals surface area contributed by atoms with Crippen molar-refractivity contribution in [1.29, 1.82) is 0 Å². The third-order valence-corrected chi connectivity index (χ3v) is 3.52. The highest BCUT2D eigenvalue weighted by Gasteiger charge is 2.17. The molecule has 1 heterocycles. The van der Waals surface area contributed by atoms with Gasteiger partial charge in [0.15, 0.2) is 11.5 Å². The first-order valence-electron chi connectivity index (χ1n) is 7.29. The maximum Gasteiger partial charge on any atom is 0.387 e. The van der Waals surface area contributed by atoms with Crippen LogP contribution in [0.1, 0.15) is 25.7 Å². The molecule has 7 heteroatoms. The molecule has 0 unspecified atom stereocenters. The van der Waals surface area contributed by atoms with E-state index in [1.807, 2.05) is 0 Å². The summed E-state index contributed by atoms with van der Waals surface area (Å²) in [5, 5.41) is 2.71. The Kier molecular flexibility index (Phi) is 5.80. The minimum Gasteiger partial charge on any atom is -0.493 e. The number of nitrogens with zero attached hydrogens (tertiary/aromatic N) is 1. The van der Waals surface area contributed by atoms with E-state index in [-0.39, 0.29) is 17.5 Å². The van der Waals surface area contributed by atoms with E-state index in [4.69, 9.17) is 4.74 Å². The first-order valence-corrected chi connectivity index (χ1v) is 7.29. The average Bonchev–Trinajstić information content (AvgIpc) is 2.76. The number of rotatable bonds is 4. The molecule has 1 aliphatic rings. The van der Waals surface area contributed by atoms with Crippen LogP contribution in [0, 0.1) is 0 Å². The standard InChI is InChI=1S/C15H20F2N2O3/c1-21-12-7-6-11(10-13(12)22-14(16)17)18-15(20)19-8-4-2-3-5-9-19/h6-7,10,14H,2-5,8-9H2,1H3,(H,18,20). The minimum atomic E-state index is -2.95. The van der Waals surface area contributed by atoms with E-state index in [1.165, 1.54) is 19.2 Å². The van der Waals surface area contributed by atoms with Gasteiger partial charge in [-0.2, -0.15) is 8.78 Å².